The van der Waals surface area contributed by atoms with Crippen molar-refractivity contribution < 1.29 is 17.9 Å². The van der Waals surface area contributed by atoms with Crippen molar-refractivity contribution in [2.75, 3.05) is 7.11 Å². The molecule has 80 valence electrons. The highest BCUT2D eigenvalue weighted by Gasteiger charge is 2.16. The molecule has 0 aromatic carbocycles. The van der Waals surface area contributed by atoms with E-state index in [4.69, 9.17) is 5.26 Å². The van der Waals surface area contributed by atoms with E-state index in [9.17, 15) is 13.2 Å². The minimum absolute atomic E-state index is 0.0160. The summed E-state index contributed by atoms with van der Waals surface area (Å²) in [6.07, 6.45) is -1.07. The molecule has 0 aromatic rings. The van der Waals surface area contributed by atoms with Gasteiger partial charge in [-0.3, -0.25) is 0 Å². The van der Waals surface area contributed by atoms with Crippen molar-refractivity contribution in [2.45, 2.75) is 19.4 Å². The Balaban J connectivity index is 4.23. The molecule has 0 radical (unpaired) electrons. The van der Waals surface area contributed by atoms with Crippen LogP contribution < -0.4 is 9.44 Å². The van der Waals surface area contributed by atoms with Gasteiger partial charge in [-0.15, -0.1) is 0 Å². The Bertz CT molecular complexity index is 331. The number of hydrogen-bond acceptors (Lipinski definition) is 5. The lowest BCUT2D eigenvalue weighted by Crippen LogP contribution is -2.43. The van der Waals surface area contributed by atoms with Crippen LogP contribution in [0.1, 0.15) is 13.3 Å². The van der Waals surface area contributed by atoms with Gasteiger partial charge in [-0.2, -0.15) is 18.4 Å². The molecule has 0 rings (SSSR count). The Kier molecular flexibility index (Phi) is 4.90. The van der Waals surface area contributed by atoms with Crippen LogP contribution in [-0.2, 0) is 14.9 Å². The average Bonchev–Trinajstić information content (AvgIpc) is 2.02. The third kappa shape index (κ3) is 5.34. The van der Waals surface area contributed by atoms with E-state index in [-0.39, 0.29) is 6.42 Å². The van der Waals surface area contributed by atoms with E-state index in [1.54, 1.807) is 10.8 Å². The van der Waals surface area contributed by atoms with Gasteiger partial charge in [0.1, 0.15) is 0 Å². The van der Waals surface area contributed by atoms with Crippen molar-refractivity contribution in [1.82, 2.24) is 9.44 Å². The molecule has 2 N–H and O–H groups in total. The maximum Gasteiger partial charge on any atom is 0.421 e. The van der Waals surface area contributed by atoms with Crippen molar-refractivity contribution in [2.24, 2.45) is 0 Å². The zero-order chi connectivity index (χ0) is 11.2. The Hall–Kier alpha value is -1.33. The number of carbonyl (C=O) groups excluding carboxylic acids is 1. The predicted octanol–water partition coefficient (Wildman–Crippen LogP) is -0.521. The van der Waals surface area contributed by atoms with Gasteiger partial charge in [-0.1, -0.05) is 0 Å². The molecule has 0 fully saturated rings. The van der Waals surface area contributed by atoms with E-state index in [0.29, 0.717) is 0 Å². The Morgan fingerprint density at radius 1 is 1.64 bits per heavy atom. The largest absolute Gasteiger partial charge is 0.452 e. The van der Waals surface area contributed by atoms with Crippen LogP contribution in [0.3, 0.4) is 0 Å². The number of nitrogens with zero attached hydrogens (tertiary/aromatic N) is 1. The number of methoxy groups -OCH3 is 1. The second-order valence-electron chi connectivity index (χ2n) is 2.48. The SMILES string of the molecule is COC(=O)NS(=O)(=O)NC(C)CC#N. The van der Waals surface area contributed by atoms with E-state index in [1.807, 2.05) is 0 Å². The van der Waals surface area contributed by atoms with Gasteiger partial charge < -0.3 is 4.74 Å². The maximum absolute atomic E-state index is 11.1. The van der Waals surface area contributed by atoms with Crippen molar-refractivity contribution in [3.63, 3.8) is 0 Å². The molecule has 0 spiro atoms. The first-order valence-electron chi connectivity index (χ1n) is 3.66. The fourth-order valence-electron chi connectivity index (χ4n) is 0.624. The van der Waals surface area contributed by atoms with Crippen LogP contribution in [0.4, 0.5) is 4.79 Å². The summed E-state index contributed by atoms with van der Waals surface area (Å²) < 4.78 is 29.8. The summed E-state index contributed by atoms with van der Waals surface area (Å²) in [5, 5.41) is 8.26. The molecule has 0 heterocycles. The monoisotopic (exact) mass is 221 g/mol. The molecule has 0 aliphatic rings. The normalized spacial score (nSPS) is 12.6. The van der Waals surface area contributed by atoms with Gasteiger partial charge >= 0.3 is 16.3 Å². The molecular weight excluding hydrogens is 210 g/mol. The van der Waals surface area contributed by atoms with Gasteiger partial charge in [0, 0.05) is 6.04 Å². The van der Waals surface area contributed by atoms with Gasteiger partial charge in [0.25, 0.3) is 0 Å². The maximum atomic E-state index is 11.1. The van der Waals surface area contributed by atoms with Gasteiger partial charge in [-0.25, -0.2) is 9.52 Å². The number of nitrogens with one attached hydrogen (secondary N) is 2. The van der Waals surface area contributed by atoms with Crippen LogP contribution >= 0.6 is 0 Å². The number of nitriles is 1. The molecule has 0 aliphatic heterocycles. The molecule has 0 saturated heterocycles. The van der Waals surface area contributed by atoms with E-state index in [0.717, 1.165) is 7.11 Å². The molecule has 1 unspecified atom stereocenters. The Morgan fingerprint density at radius 2 is 2.21 bits per heavy atom. The fourth-order valence-corrected chi connectivity index (χ4v) is 1.60. The summed E-state index contributed by atoms with van der Waals surface area (Å²) in [6.45, 7) is 1.50. The van der Waals surface area contributed by atoms with Crippen molar-refractivity contribution >= 4 is 16.3 Å². The highest BCUT2D eigenvalue weighted by Crippen LogP contribution is 1.91. The van der Waals surface area contributed by atoms with E-state index >= 15 is 0 Å². The smallest absolute Gasteiger partial charge is 0.421 e. The average molecular weight is 221 g/mol. The van der Waals surface area contributed by atoms with Gasteiger partial charge in [-0.05, 0) is 6.92 Å². The van der Waals surface area contributed by atoms with Gasteiger partial charge in [0.15, 0.2) is 0 Å². The molecule has 0 aliphatic carbocycles. The lowest BCUT2D eigenvalue weighted by atomic mass is 10.3. The molecule has 0 saturated carbocycles. The Morgan fingerprint density at radius 3 is 2.64 bits per heavy atom. The fraction of sp³-hybridized carbons (Fsp3) is 0.667. The summed E-state index contributed by atoms with van der Waals surface area (Å²) in [6, 6.07) is 1.22. The summed E-state index contributed by atoms with van der Waals surface area (Å²) >= 11 is 0. The molecule has 1 atom stereocenters. The highest BCUT2D eigenvalue weighted by molar-refractivity contribution is 7.88. The van der Waals surface area contributed by atoms with Crippen LogP contribution in [0, 0.1) is 11.3 Å². The van der Waals surface area contributed by atoms with Crippen molar-refractivity contribution in [3.05, 3.63) is 0 Å². The lowest BCUT2D eigenvalue weighted by Gasteiger charge is -2.10. The van der Waals surface area contributed by atoms with E-state index in [2.05, 4.69) is 9.46 Å². The third-order valence-electron chi connectivity index (χ3n) is 1.16. The van der Waals surface area contributed by atoms with E-state index < -0.39 is 22.3 Å². The topological polar surface area (TPSA) is 108 Å². The number of amides is 1. The van der Waals surface area contributed by atoms with Crippen LogP contribution in [0.15, 0.2) is 0 Å². The molecule has 7 nitrogen and oxygen atoms in total. The molecule has 0 bridgehead atoms. The highest BCUT2D eigenvalue weighted by atomic mass is 32.2. The summed E-state index contributed by atoms with van der Waals surface area (Å²) in [4.78, 5) is 10.5. The molecule has 8 heteroatoms. The summed E-state index contributed by atoms with van der Waals surface area (Å²) in [5.41, 5.74) is 0. The first-order chi connectivity index (χ1) is 6.41. The first kappa shape index (κ1) is 12.7. The van der Waals surface area contributed by atoms with Gasteiger partial charge in [0.2, 0.25) is 0 Å². The minimum Gasteiger partial charge on any atom is -0.452 e. The number of rotatable bonds is 4. The zero-order valence-corrected chi connectivity index (χ0v) is 8.59. The van der Waals surface area contributed by atoms with Crippen molar-refractivity contribution in [1.29, 1.82) is 5.26 Å². The minimum atomic E-state index is -3.94. The quantitative estimate of drug-likeness (QED) is 0.664. The second-order valence-corrected chi connectivity index (χ2v) is 3.92. The molecule has 14 heavy (non-hydrogen) atoms. The predicted molar refractivity (Wildman–Crippen MR) is 47.3 cm³/mol. The van der Waals surface area contributed by atoms with Crippen LogP contribution in [0.2, 0.25) is 0 Å². The standard InChI is InChI=1S/C6H11N3O4S/c1-5(3-4-7)8-14(11,12)9-6(10)13-2/h5,8H,3H2,1-2H3,(H,9,10). The number of hydrogen-bond donors (Lipinski definition) is 2. The summed E-state index contributed by atoms with van der Waals surface area (Å²) in [5.74, 6) is 0. The second kappa shape index (κ2) is 5.41. The molecular formula is C6H11N3O4S. The van der Waals surface area contributed by atoms with Crippen LogP contribution in [0.25, 0.3) is 0 Å². The lowest BCUT2D eigenvalue weighted by molar-refractivity contribution is 0.177. The Labute approximate surface area is 82.2 Å². The van der Waals surface area contributed by atoms with E-state index in [1.165, 1.54) is 6.92 Å². The zero-order valence-electron chi connectivity index (χ0n) is 7.77. The first-order valence-corrected chi connectivity index (χ1v) is 5.14. The number of carbonyl (C=O) groups is 1. The van der Waals surface area contributed by atoms with Crippen LogP contribution in [-0.4, -0.2) is 27.7 Å². The van der Waals surface area contributed by atoms with Gasteiger partial charge in [0.05, 0.1) is 19.6 Å². The van der Waals surface area contributed by atoms with Crippen molar-refractivity contribution in [3.8, 4) is 6.07 Å². The molecule has 0 aromatic heterocycles. The van der Waals surface area contributed by atoms with Crippen LogP contribution in [0.5, 0.6) is 0 Å². The molecule has 1 amide bonds. The number of ether oxygens (including phenoxy) is 1. The third-order valence-corrected chi connectivity index (χ3v) is 2.30. The summed E-state index contributed by atoms with van der Waals surface area (Å²) in [7, 11) is -2.89.